The Bertz CT molecular complexity index is 913. The second kappa shape index (κ2) is 10.3. The third-order valence-corrected chi connectivity index (χ3v) is 5.01. The van der Waals surface area contributed by atoms with E-state index in [1.54, 1.807) is 12.1 Å². The number of hydrogen-bond acceptors (Lipinski definition) is 3. The van der Waals surface area contributed by atoms with Crippen molar-refractivity contribution in [3.8, 4) is 11.5 Å². The van der Waals surface area contributed by atoms with Crippen molar-refractivity contribution in [2.24, 2.45) is 0 Å². The van der Waals surface area contributed by atoms with E-state index in [1.807, 2.05) is 43.3 Å². The van der Waals surface area contributed by atoms with Gasteiger partial charge in [0, 0.05) is 18.2 Å². The van der Waals surface area contributed by atoms with Crippen molar-refractivity contribution in [1.82, 2.24) is 5.32 Å². The third kappa shape index (κ3) is 5.72. The Labute approximate surface area is 176 Å². The van der Waals surface area contributed by atoms with Gasteiger partial charge in [0.25, 0.3) is 0 Å². The van der Waals surface area contributed by atoms with E-state index < -0.39 is 0 Å². The molecule has 3 rings (SSSR count). The van der Waals surface area contributed by atoms with Crippen molar-refractivity contribution in [3.05, 3.63) is 94.3 Å². The summed E-state index contributed by atoms with van der Waals surface area (Å²) in [6.45, 7) is 5.28. The molecule has 0 heterocycles. The van der Waals surface area contributed by atoms with Crippen LogP contribution < -0.4 is 14.8 Å². The van der Waals surface area contributed by atoms with E-state index in [-0.39, 0.29) is 18.5 Å². The normalized spacial score (nSPS) is 11.9. The van der Waals surface area contributed by atoms with Crippen LogP contribution in [0.4, 0.5) is 4.39 Å². The number of benzene rings is 3. The first-order valence-electron chi connectivity index (χ1n) is 9.68. The molecule has 0 radical (unpaired) electrons. The molecule has 0 saturated heterocycles. The average Bonchev–Trinajstić information content (AvgIpc) is 2.73. The summed E-state index contributed by atoms with van der Waals surface area (Å²) in [4.78, 5) is 0. The lowest BCUT2D eigenvalue weighted by Crippen LogP contribution is -2.18. The first kappa shape index (κ1) is 21.2. The highest BCUT2D eigenvalue weighted by molar-refractivity contribution is 6.31. The molecule has 0 aliphatic rings. The second-order valence-corrected chi connectivity index (χ2v) is 7.12. The fraction of sp³-hybridized carbons (Fsp3) is 0.250. The van der Waals surface area contributed by atoms with Crippen molar-refractivity contribution < 1.29 is 13.9 Å². The van der Waals surface area contributed by atoms with Gasteiger partial charge in [-0.3, -0.25) is 0 Å². The standard InChI is InChI=1S/C24H25ClFNO2/c1-3-28-24-14-18(15-27-17(2)19-8-5-4-6-9-19)12-13-23(24)29-16-20-21(25)10-7-11-22(20)26/h4-14,17,27H,3,15-16H2,1-2H3. The van der Waals surface area contributed by atoms with Crippen LogP contribution in [0.15, 0.2) is 66.7 Å². The maximum atomic E-state index is 14.0. The van der Waals surface area contributed by atoms with Crippen molar-refractivity contribution in [1.29, 1.82) is 0 Å². The van der Waals surface area contributed by atoms with Crippen LogP contribution in [-0.4, -0.2) is 6.61 Å². The van der Waals surface area contributed by atoms with Gasteiger partial charge in [-0.15, -0.1) is 0 Å². The molecule has 0 aliphatic heterocycles. The fourth-order valence-corrected chi connectivity index (χ4v) is 3.22. The Morgan fingerprint density at radius 3 is 2.48 bits per heavy atom. The van der Waals surface area contributed by atoms with E-state index in [4.69, 9.17) is 21.1 Å². The minimum atomic E-state index is -0.383. The minimum Gasteiger partial charge on any atom is -0.490 e. The van der Waals surface area contributed by atoms with Crippen molar-refractivity contribution in [3.63, 3.8) is 0 Å². The minimum absolute atomic E-state index is 0.0359. The van der Waals surface area contributed by atoms with Gasteiger partial charge in [-0.05, 0) is 49.2 Å². The lowest BCUT2D eigenvalue weighted by Gasteiger charge is -2.17. The molecule has 0 spiro atoms. The summed E-state index contributed by atoms with van der Waals surface area (Å²) in [5, 5.41) is 3.86. The largest absolute Gasteiger partial charge is 0.490 e. The highest BCUT2D eigenvalue weighted by Gasteiger charge is 2.12. The lowest BCUT2D eigenvalue weighted by atomic mass is 10.1. The molecule has 0 bridgehead atoms. The van der Waals surface area contributed by atoms with Crippen molar-refractivity contribution >= 4 is 11.6 Å². The highest BCUT2D eigenvalue weighted by Crippen LogP contribution is 2.31. The van der Waals surface area contributed by atoms with Crippen LogP contribution in [0.1, 0.15) is 36.6 Å². The first-order valence-corrected chi connectivity index (χ1v) is 10.1. The number of ether oxygens (including phenoxy) is 2. The molecular weight excluding hydrogens is 389 g/mol. The summed E-state index contributed by atoms with van der Waals surface area (Å²) in [7, 11) is 0. The highest BCUT2D eigenvalue weighted by atomic mass is 35.5. The van der Waals surface area contributed by atoms with E-state index in [1.165, 1.54) is 11.6 Å². The Balaban J connectivity index is 1.68. The van der Waals surface area contributed by atoms with E-state index in [0.717, 1.165) is 5.56 Å². The molecule has 29 heavy (non-hydrogen) atoms. The molecule has 0 amide bonds. The second-order valence-electron chi connectivity index (χ2n) is 6.72. The molecule has 3 nitrogen and oxygen atoms in total. The molecule has 0 saturated carbocycles. The summed E-state index contributed by atoms with van der Waals surface area (Å²) >= 11 is 6.08. The molecule has 5 heteroatoms. The lowest BCUT2D eigenvalue weighted by molar-refractivity contribution is 0.265. The zero-order valence-corrected chi connectivity index (χ0v) is 17.4. The summed E-state index contributed by atoms with van der Waals surface area (Å²) in [5.41, 5.74) is 2.64. The predicted octanol–water partition coefficient (Wildman–Crippen LogP) is 6.31. The number of nitrogens with one attached hydrogen (secondary N) is 1. The van der Waals surface area contributed by atoms with Gasteiger partial charge in [0.15, 0.2) is 11.5 Å². The predicted molar refractivity (Wildman–Crippen MR) is 115 cm³/mol. The molecule has 1 N–H and O–H groups in total. The number of rotatable bonds is 9. The smallest absolute Gasteiger partial charge is 0.161 e. The summed E-state index contributed by atoms with van der Waals surface area (Å²) in [5.74, 6) is 0.809. The van der Waals surface area contributed by atoms with Crippen LogP contribution in [0.5, 0.6) is 11.5 Å². The van der Waals surface area contributed by atoms with E-state index >= 15 is 0 Å². The SMILES string of the molecule is CCOc1cc(CNC(C)c2ccccc2)ccc1OCc1c(F)cccc1Cl. The van der Waals surface area contributed by atoms with Gasteiger partial charge in [-0.1, -0.05) is 54.1 Å². The van der Waals surface area contributed by atoms with Gasteiger partial charge in [0.1, 0.15) is 12.4 Å². The Morgan fingerprint density at radius 2 is 1.76 bits per heavy atom. The van der Waals surface area contributed by atoms with Crippen LogP contribution in [-0.2, 0) is 13.2 Å². The fourth-order valence-electron chi connectivity index (χ4n) is 3.00. The van der Waals surface area contributed by atoms with E-state index in [2.05, 4.69) is 24.4 Å². The Kier molecular flexibility index (Phi) is 7.50. The summed E-state index contributed by atoms with van der Waals surface area (Å²) < 4.78 is 25.5. The molecule has 0 aliphatic carbocycles. The molecule has 3 aromatic carbocycles. The third-order valence-electron chi connectivity index (χ3n) is 4.65. The molecular formula is C24H25ClFNO2. The Morgan fingerprint density at radius 1 is 0.966 bits per heavy atom. The van der Waals surface area contributed by atoms with Crippen LogP contribution in [0, 0.1) is 5.82 Å². The molecule has 1 atom stereocenters. The van der Waals surface area contributed by atoms with Crippen LogP contribution in [0.3, 0.4) is 0 Å². The van der Waals surface area contributed by atoms with Gasteiger partial charge in [-0.2, -0.15) is 0 Å². The topological polar surface area (TPSA) is 30.5 Å². The molecule has 3 aromatic rings. The van der Waals surface area contributed by atoms with Gasteiger partial charge in [0.2, 0.25) is 0 Å². The van der Waals surface area contributed by atoms with E-state index in [9.17, 15) is 4.39 Å². The molecule has 1 unspecified atom stereocenters. The van der Waals surface area contributed by atoms with Crippen LogP contribution in [0.2, 0.25) is 5.02 Å². The van der Waals surface area contributed by atoms with Crippen LogP contribution >= 0.6 is 11.6 Å². The molecule has 152 valence electrons. The van der Waals surface area contributed by atoms with Gasteiger partial charge in [-0.25, -0.2) is 4.39 Å². The first-order chi connectivity index (χ1) is 14.1. The zero-order chi connectivity index (χ0) is 20.6. The Hall–Kier alpha value is -2.56. The maximum absolute atomic E-state index is 14.0. The number of halogens is 2. The van der Waals surface area contributed by atoms with Gasteiger partial charge >= 0.3 is 0 Å². The van der Waals surface area contributed by atoms with Crippen LogP contribution in [0.25, 0.3) is 0 Å². The monoisotopic (exact) mass is 413 g/mol. The van der Waals surface area contributed by atoms with Gasteiger partial charge in [0.05, 0.1) is 11.6 Å². The van der Waals surface area contributed by atoms with Crippen molar-refractivity contribution in [2.45, 2.75) is 33.0 Å². The quantitative estimate of drug-likeness (QED) is 0.446. The van der Waals surface area contributed by atoms with Crippen molar-refractivity contribution in [2.75, 3.05) is 6.61 Å². The number of hydrogen-bond donors (Lipinski definition) is 1. The summed E-state index contributed by atoms with van der Waals surface area (Å²) in [6.07, 6.45) is 0. The zero-order valence-electron chi connectivity index (χ0n) is 16.6. The molecule has 0 aromatic heterocycles. The summed E-state index contributed by atoms with van der Waals surface area (Å²) in [6, 6.07) is 20.9. The molecule has 0 fully saturated rings. The van der Waals surface area contributed by atoms with Gasteiger partial charge < -0.3 is 14.8 Å². The van der Waals surface area contributed by atoms with E-state index in [0.29, 0.717) is 35.2 Å². The average molecular weight is 414 g/mol. The maximum Gasteiger partial charge on any atom is 0.161 e.